The molecule has 0 saturated carbocycles. The second-order valence-electron chi connectivity index (χ2n) is 6.92. The van der Waals surface area contributed by atoms with E-state index in [1.54, 1.807) is 0 Å². The Kier molecular flexibility index (Phi) is 14.2. The molecule has 0 fully saturated rings. The Morgan fingerprint density at radius 3 is 2.00 bits per heavy atom. The molecule has 0 heteroatoms. The van der Waals surface area contributed by atoms with Gasteiger partial charge in [-0.2, -0.15) is 0 Å². The Morgan fingerprint density at radius 2 is 1.31 bits per heavy atom. The second-order valence-corrected chi connectivity index (χ2v) is 6.92. The summed E-state index contributed by atoms with van der Waals surface area (Å²) < 4.78 is 0. The third-order valence-electron chi connectivity index (χ3n) is 4.56. The normalized spacial score (nSPS) is 11.9. The minimum absolute atomic E-state index is 1.07. The maximum Gasteiger partial charge on any atom is -0.0169 e. The molecule has 0 unspecified atom stereocenters. The van der Waals surface area contributed by atoms with E-state index in [1.807, 2.05) is 0 Å². The van der Waals surface area contributed by atoms with Crippen molar-refractivity contribution in [2.75, 3.05) is 0 Å². The molecule has 0 N–H and O–H groups in total. The van der Waals surface area contributed by atoms with Gasteiger partial charge in [-0.25, -0.2) is 0 Å². The third-order valence-corrected chi connectivity index (χ3v) is 4.56. The van der Waals surface area contributed by atoms with Gasteiger partial charge < -0.3 is 0 Å². The molecule has 0 saturated heterocycles. The van der Waals surface area contributed by atoms with Gasteiger partial charge in [0, 0.05) is 0 Å². The SMILES string of the molecule is C=C(CCCCCCCC/C=C\C/C=C\C/C=C\CC)c1ccccc1. The van der Waals surface area contributed by atoms with Crippen LogP contribution in [0.15, 0.2) is 73.4 Å². The van der Waals surface area contributed by atoms with Gasteiger partial charge in [0.05, 0.1) is 0 Å². The maximum absolute atomic E-state index is 4.22. The highest BCUT2D eigenvalue weighted by Crippen LogP contribution is 2.19. The third kappa shape index (κ3) is 12.5. The topological polar surface area (TPSA) is 0 Å². The Morgan fingerprint density at radius 1 is 0.731 bits per heavy atom. The van der Waals surface area contributed by atoms with Gasteiger partial charge in [0.2, 0.25) is 0 Å². The van der Waals surface area contributed by atoms with Crippen molar-refractivity contribution in [2.45, 2.75) is 77.6 Å². The Hall–Kier alpha value is -1.82. The van der Waals surface area contributed by atoms with Crippen molar-refractivity contribution < 1.29 is 0 Å². The highest BCUT2D eigenvalue weighted by atomic mass is 14.0. The molecule has 142 valence electrons. The molecule has 0 aliphatic carbocycles. The lowest BCUT2D eigenvalue weighted by molar-refractivity contribution is 0.602. The van der Waals surface area contributed by atoms with E-state index in [4.69, 9.17) is 0 Å². The van der Waals surface area contributed by atoms with Crippen LogP contribution in [0.4, 0.5) is 0 Å². The molecular formula is C26H38. The van der Waals surface area contributed by atoms with Crippen molar-refractivity contribution >= 4 is 5.57 Å². The predicted molar refractivity (Wildman–Crippen MR) is 119 cm³/mol. The van der Waals surface area contributed by atoms with Crippen LogP contribution in [-0.2, 0) is 0 Å². The van der Waals surface area contributed by atoms with E-state index in [0.29, 0.717) is 0 Å². The van der Waals surface area contributed by atoms with E-state index in [-0.39, 0.29) is 0 Å². The number of hydrogen-bond acceptors (Lipinski definition) is 0. The second kappa shape index (κ2) is 16.6. The Balaban J connectivity index is 1.88. The largest absolute Gasteiger partial charge is 0.0952 e. The van der Waals surface area contributed by atoms with Crippen LogP contribution < -0.4 is 0 Å². The lowest BCUT2D eigenvalue weighted by atomic mass is 10.0. The zero-order valence-corrected chi connectivity index (χ0v) is 16.8. The first kappa shape index (κ1) is 22.2. The minimum atomic E-state index is 1.07. The first-order valence-electron chi connectivity index (χ1n) is 10.5. The summed E-state index contributed by atoms with van der Waals surface area (Å²) in [7, 11) is 0. The summed E-state index contributed by atoms with van der Waals surface area (Å²) in [4.78, 5) is 0. The molecule has 0 aliphatic rings. The summed E-state index contributed by atoms with van der Waals surface area (Å²) in [5.41, 5.74) is 2.58. The van der Waals surface area contributed by atoms with Crippen molar-refractivity contribution in [3.8, 4) is 0 Å². The fourth-order valence-electron chi connectivity index (χ4n) is 2.95. The fraction of sp³-hybridized carbons (Fsp3) is 0.462. The molecule has 0 spiro atoms. The molecule has 1 aromatic rings. The highest BCUT2D eigenvalue weighted by molar-refractivity contribution is 5.62. The van der Waals surface area contributed by atoms with Gasteiger partial charge in [-0.1, -0.05) is 106 Å². The molecule has 0 nitrogen and oxygen atoms in total. The van der Waals surface area contributed by atoms with E-state index < -0.39 is 0 Å². The van der Waals surface area contributed by atoms with Gasteiger partial charge in [0.1, 0.15) is 0 Å². The van der Waals surface area contributed by atoms with Gasteiger partial charge in [-0.15, -0.1) is 0 Å². The van der Waals surface area contributed by atoms with Crippen molar-refractivity contribution in [3.05, 3.63) is 78.9 Å². The number of allylic oxidation sites excluding steroid dienone is 7. The summed E-state index contributed by atoms with van der Waals surface area (Å²) in [5, 5.41) is 0. The molecule has 1 aromatic carbocycles. The Labute approximate surface area is 162 Å². The lowest BCUT2D eigenvalue weighted by Gasteiger charge is -2.05. The van der Waals surface area contributed by atoms with E-state index in [1.165, 1.54) is 56.1 Å². The molecule has 0 aromatic heterocycles. The van der Waals surface area contributed by atoms with Crippen LogP contribution in [-0.4, -0.2) is 0 Å². The van der Waals surface area contributed by atoms with E-state index in [0.717, 1.165) is 25.7 Å². The van der Waals surface area contributed by atoms with Crippen molar-refractivity contribution in [2.24, 2.45) is 0 Å². The van der Waals surface area contributed by atoms with Crippen LogP contribution >= 0.6 is 0 Å². The van der Waals surface area contributed by atoms with Crippen LogP contribution in [0.1, 0.15) is 83.1 Å². The predicted octanol–water partition coefficient (Wildman–Crippen LogP) is 8.68. The first-order valence-corrected chi connectivity index (χ1v) is 10.5. The average Bonchev–Trinajstić information content (AvgIpc) is 2.68. The number of rotatable bonds is 15. The summed E-state index contributed by atoms with van der Waals surface area (Å²) >= 11 is 0. The molecule has 0 radical (unpaired) electrons. The zero-order chi connectivity index (χ0) is 18.7. The number of unbranched alkanes of at least 4 members (excludes halogenated alkanes) is 6. The van der Waals surface area contributed by atoms with E-state index in [9.17, 15) is 0 Å². The minimum Gasteiger partial charge on any atom is -0.0952 e. The molecular weight excluding hydrogens is 312 g/mol. The van der Waals surface area contributed by atoms with Gasteiger partial charge in [-0.05, 0) is 56.1 Å². The summed E-state index contributed by atoms with van der Waals surface area (Å²) in [5.74, 6) is 0. The molecule has 0 aliphatic heterocycles. The molecule has 0 bridgehead atoms. The van der Waals surface area contributed by atoms with Gasteiger partial charge in [-0.3, -0.25) is 0 Å². The van der Waals surface area contributed by atoms with Crippen molar-refractivity contribution in [1.29, 1.82) is 0 Å². The van der Waals surface area contributed by atoms with Crippen LogP contribution in [0.5, 0.6) is 0 Å². The molecule has 0 amide bonds. The van der Waals surface area contributed by atoms with E-state index >= 15 is 0 Å². The van der Waals surface area contributed by atoms with Crippen molar-refractivity contribution in [1.82, 2.24) is 0 Å². The zero-order valence-electron chi connectivity index (χ0n) is 16.8. The molecule has 1 rings (SSSR count). The van der Waals surface area contributed by atoms with Crippen molar-refractivity contribution in [3.63, 3.8) is 0 Å². The molecule has 0 heterocycles. The average molecular weight is 351 g/mol. The molecule has 26 heavy (non-hydrogen) atoms. The quantitative estimate of drug-likeness (QED) is 0.219. The fourth-order valence-corrected chi connectivity index (χ4v) is 2.95. The van der Waals surface area contributed by atoms with Crippen LogP contribution in [0.2, 0.25) is 0 Å². The monoisotopic (exact) mass is 350 g/mol. The Bertz CT molecular complexity index is 530. The summed E-state index contributed by atoms with van der Waals surface area (Å²) in [6, 6.07) is 10.6. The van der Waals surface area contributed by atoms with Crippen LogP contribution in [0, 0.1) is 0 Å². The maximum atomic E-state index is 4.22. The molecule has 0 atom stereocenters. The highest BCUT2D eigenvalue weighted by Gasteiger charge is 1.98. The number of hydrogen-bond donors (Lipinski definition) is 0. The van der Waals surface area contributed by atoms with Gasteiger partial charge in [0.25, 0.3) is 0 Å². The van der Waals surface area contributed by atoms with Crippen LogP contribution in [0.25, 0.3) is 5.57 Å². The summed E-state index contributed by atoms with van der Waals surface area (Å²) in [6.07, 6.45) is 27.3. The number of benzene rings is 1. The summed E-state index contributed by atoms with van der Waals surface area (Å²) in [6.45, 7) is 6.39. The van der Waals surface area contributed by atoms with Gasteiger partial charge >= 0.3 is 0 Å². The standard InChI is InChI=1S/C26H38/c1-3-4-5-6-7-8-9-10-11-12-13-14-15-16-17-19-22-25(2)26-23-20-18-21-24-26/h4-5,7-8,10-11,18,20-21,23-24H,2-3,6,9,12-17,19,22H2,1H3/b5-4-,8-7-,11-10-. The smallest absolute Gasteiger partial charge is 0.0169 e. The van der Waals surface area contributed by atoms with E-state index in [2.05, 4.69) is 80.3 Å². The van der Waals surface area contributed by atoms with Gasteiger partial charge in [0.15, 0.2) is 0 Å². The lowest BCUT2D eigenvalue weighted by Crippen LogP contribution is -1.84. The van der Waals surface area contributed by atoms with Crippen LogP contribution in [0.3, 0.4) is 0 Å². The first-order chi connectivity index (χ1) is 12.8.